The second-order valence-corrected chi connectivity index (χ2v) is 6.31. The molecule has 0 aliphatic carbocycles. The average molecular weight is 366 g/mol. The summed E-state index contributed by atoms with van der Waals surface area (Å²) in [5, 5.41) is 9.44. The van der Waals surface area contributed by atoms with Crippen molar-refractivity contribution in [2.45, 2.75) is 34.2 Å². The molecule has 0 radical (unpaired) electrons. The minimum Gasteiger partial charge on any atom is -0.463 e. The van der Waals surface area contributed by atoms with E-state index < -0.39 is 5.97 Å². The number of aryl methyl sites for hydroxylation is 3. The number of carbonyl (C=O) groups is 1. The van der Waals surface area contributed by atoms with E-state index in [1.54, 1.807) is 23.9 Å². The molecule has 140 valence electrons. The molecule has 0 unspecified atom stereocenters. The molecule has 3 rings (SSSR count). The zero-order chi connectivity index (χ0) is 19.6. The molecule has 7 nitrogen and oxygen atoms in total. The molecule has 2 heterocycles. The summed E-state index contributed by atoms with van der Waals surface area (Å²) in [6.45, 7) is 8.12. The Labute approximate surface area is 156 Å². The van der Waals surface area contributed by atoms with E-state index in [4.69, 9.17) is 4.74 Å². The predicted molar refractivity (Wildman–Crippen MR) is 103 cm³/mol. The van der Waals surface area contributed by atoms with Gasteiger partial charge in [-0.05, 0) is 51.0 Å². The zero-order valence-electron chi connectivity index (χ0n) is 15.9. The molecule has 1 aromatic carbocycles. The Kier molecular flexibility index (Phi) is 5.21. The maximum atomic E-state index is 13.0. The standard InChI is InChI=1S/C20H22N4O3/c1-5-27-18(25)7-6-10-23-20(26)19-17(15(4)22-23)12-21-24(19)16-9-8-13(2)14(3)11-16/h6-9,11-12H,5,10H2,1-4H3/b7-6+. The largest absolute Gasteiger partial charge is 0.463 e. The number of hydrogen-bond donors (Lipinski definition) is 0. The van der Waals surface area contributed by atoms with E-state index in [1.165, 1.54) is 16.3 Å². The summed E-state index contributed by atoms with van der Waals surface area (Å²) in [6, 6.07) is 5.95. The highest BCUT2D eigenvalue weighted by molar-refractivity contribution is 5.82. The quantitative estimate of drug-likeness (QED) is 0.512. The molecular formula is C20H22N4O3. The second-order valence-electron chi connectivity index (χ2n) is 6.31. The average Bonchev–Trinajstić information content (AvgIpc) is 3.07. The molecule has 0 saturated heterocycles. The Morgan fingerprint density at radius 2 is 2.00 bits per heavy atom. The van der Waals surface area contributed by atoms with E-state index in [0.29, 0.717) is 23.2 Å². The van der Waals surface area contributed by atoms with Crippen LogP contribution < -0.4 is 5.56 Å². The highest BCUT2D eigenvalue weighted by Gasteiger charge is 2.15. The first-order valence-corrected chi connectivity index (χ1v) is 8.78. The molecule has 0 fully saturated rings. The molecule has 0 spiro atoms. The van der Waals surface area contributed by atoms with Gasteiger partial charge in [0.15, 0.2) is 0 Å². The van der Waals surface area contributed by atoms with Gasteiger partial charge in [0.2, 0.25) is 0 Å². The van der Waals surface area contributed by atoms with Crippen LogP contribution >= 0.6 is 0 Å². The maximum Gasteiger partial charge on any atom is 0.330 e. The summed E-state index contributed by atoms with van der Waals surface area (Å²) in [7, 11) is 0. The molecule has 7 heteroatoms. The van der Waals surface area contributed by atoms with Gasteiger partial charge in [0.25, 0.3) is 5.56 Å². The van der Waals surface area contributed by atoms with Crippen LogP contribution in [0.15, 0.2) is 41.3 Å². The first kappa shape index (κ1) is 18.6. The molecule has 0 amide bonds. The van der Waals surface area contributed by atoms with Crippen LogP contribution in [0.1, 0.15) is 23.7 Å². The van der Waals surface area contributed by atoms with Gasteiger partial charge in [-0.25, -0.2) is 14.2 Å². The van der Waals surface area contributed by atoms with Crippen molar-refractivity contribution in [3.05, 3.63) is 63.7 Å². The number of fused-ring (bicyclic) bond motifs is 1. The fourth-order valence-corrected chi connectivity index (χ4v) is 2.84. The smallest absolute Gasteiger partial charge is 0.330 e. The van der Waals surface area contributed by atoms with E-state index >= 15 is 0 Å². The number of allylic oxidation sites excluding steroid dienone is 1. The minimum atomic E-state index is -0.441. The first-order chi connectivity index (χ1) is 12.9. The topological polar surface area (TPSA) is 79.0 Å². The lowest BCUT2D eigenvalue weighted by atomic mass is 10.1. The maximum absolute atomic E-state index is 13.0. The second kappa shape index (κ2) is 7.57. The normalized spacial score (nSPS) is 11.4. The van der Waals surface area contributed by atoms with Crippen molar-refractivity contribution in [1.29, 1.82) is 0 Å². The van der Waals surface area contributed by atoms with Crippen molar-refractivity contribution in [3.8, 4) is 5.69 Å². The summed E-state index contributed by atoms with van der Waals surface area (Å²) in [5.74, 6) is -0.441. The fraction of sp³-hybridized carbons (Fsp3) is 0.300. The number of rotatable bonds is 5. The number of benzene rings is 1. The molecule has 3 aromatic rings. The summed E-state index contributed by atoms with van der Waals surface area (Å²) in [6.07, 6.45) is 4.53. The van der Waals surface area contributed by atoms with Crippen LogP contribution in [-0.2, 0) is 16.1 Å². The van der Waals surface area contributed by atoms with Crippen LogP contribution in [0.3, 0.4) is 0 Å². The predicted octanol–water partition coefficient (Wildman–Crippen LogP) is 2.63. The van der Waals surface area contributed by atoms with E-state index in [1.807, 2.05) is 39.0 Å². The molecule has 0 aliphatic heterocycles. The third-order valence-corrected chi connectivity index (χ3v) is 4.42. The van der Waals surface area contributed by atoms with Crippen LogP contribution in [0.5, 0.6) is 0 Å². The van der Waals surface area contributed by atoms with E-state index in [9.17, 15) is 9.59 Å². The highest BCUT2D eigenvalue weighted by atomic mass is 16.5. The van der Waals surface area contributed by atoms with Crippen LogP contribution in [0.2, 0.25) is 0 Å². The van der Waals surface area contributed by atoms with Gasteiger partial charge >= 0.3 is 5.97 Å². The molecule has 0 bridgehead atoms. The third-order valence-electron chi connectivity index (χ3n) is 4.42. The van der Waals surface area contributed by atoms with Gasteiger partial charge < -0.3 is 4.74 Å². The lowest BCUT2D eigenvalue weighted by Crippen LogP contribution is -2.25. The number of esters is 1. The Morgan fingerprint density at radius 3 is 2.70 bits per heavy atom. The van der Waals surface area contributed by atoms with Crippen molar-refractivity contribution >= 4 is 16.9 Å². The van der Waals surface area contributed by atoms with Gasteiger partial charge in [-0.3, -0.25) is 4.79 Å². The molecule has 0 aliphatic rings. The van der Waals surface area contributed by atoms with Crippen LogP contribution in [-0.4, -0.2) is 32.1 Å². The van der Waals surface area contributed by atoms with Gasteiger partial charge in [0, 0.05) is 11.5 Å². The van der Waals surface area contributed by atoms with Crippen molar-refractivity contribution in [2.75, 3.05) is 6.61 Å². The van der Waals surface area contributed by atoms with Crippen molar-refractivity contribution in [2.24, 2.45) is 0 Å². The number of carbonyl (C=O) groups excluding carboxylic acids is 1. The van der Waals surface area contributed by atoms with Gasteiger partial charge in [0.05, 0.1) is 30.7 Å². The van der Waals surface area contributed by atoms with Crippen LogP contribution in [0.25, 0.3) is 16.6 Å². The number of hydrogen-bond acceptors (Lipinski definition) is 5. The Hall–Kier alpha value is -3.22. The minimum absolute atomic E-state index is 0.173. The van der Waals surface area contributed by atoms with E-state index in [-0.39, 0.29) is 12.1 Å². The monoisotopic (exact) mass is 366 g/mol. The third kappa shape index (κ3) is 3.67. The van der Waals surface area contributed by atoms with Gasteiger partial charge in [0.1, 0.15) is 5.52 Å². The highest BCUT2D eigenvalue weighted by Crippen LogP contribution is 2.19. The van der Waals surface area contributed by atoms with Crippen LogP contribution in [0.4, 0.5) is 0 Å². The zero-order valence-corrected chi connectivity index (χ0v) is 15.9. The molecule has 2 aromatic heterocycles. The van der Waals surface area contributed by atoms with Gasteiger partial charge in [-0.1, -0.05) is 12.1 Å². The Bertz CT molecular complexity index is 1090. The number of aromatic nitrogens is 4. The van der Waals surface area contributed by atoms with E-state index in [0.717, 1.165) is 11.3 Å². The van der Waals surface area contributed by atoms with Gasteiger partial charge in [-0.2, -0.15) is 10.2 Å². The Morgan fingerprint density at radius 1 is 1.22 bits per heavy atom. The number of ether oxygens (including phenoxy) is 1. The van der Waals surface area contributed by atoms with Gasteiger partial charge in [-0.15, -0.1) is 0 Å². The van der Waals surface area contributed by atoms with E-state index in [2.05, 4.69) is 10.2 Å². The molecule has 0 atom stereocenters. The lowest BCUT2D eigenvalue weighted by molar-refractivity contribution is -0.137. The summed E-state index contributed by atoms with van der Waals surface area (Å²) in [5.41, 5.74) is 4.03. The molecular weight excluding hydrogens is 344 g/mol. The summed E-state index contributed by atoms with van der Waals surface area (Å²) >= 11 is 0. The Balaban J connectivity index is 2.06. The molecule has 0 saturated carbocycles. The van der Waals surface area contributed by atoms with Crippen molar-refractivity contribution in [3.63, 3.8) is 0 Å². The molecule has 27 heavy (non-hydrogen) atoms. The van der Waals surface area contributed by atoms with Crippen molar-refractivity contribution < 1.29 is 9.53 Å². The first-order valence-electron chi connectivity index (χ1n) is 8.78. The summed E-state index contributed by atoms with van der Waals surface area (Å²) in [4.78, 5) is 24.4. The van der Waals surface area contributed by atoms with Crippen LogP contribution in [0, 0.1) is 20.8 Å². The lowest BCUT2D eigenvalue weighted by Gasteiger charge is -2.08. The molecule has 0 N–H and O–H groups in total. The SMILES string of the molecule is CCOC(=O)/C=C/Cn1nc(C)c2cnn(-c3ccc(C)c(C)c3)c2c1=O. The summed E-state index contributed by atoms with van der Waals surface area (Å²) < 4.78 is 7.81. The fourth-order valence-electron chi connectivity index (χ4n) is 2.84. The number of nitrogens with zero attached hydrogens (tertiary/aromatic N) is 4. The van der Waals surface area contributed by atoms with Crippen molar-refractivity contribution in [1.82, 2.24) is 19.6 Å².